The average Bonchev–Trinajstić information content (AvgIpc) is 3.40. The van der Waals surface area contributed by atoms with Crippen LogP contribution in [0.5, 0.6) is 0 Å². The van der Waals surface area contributed by atoms with Gasteiger partial charge in [-0.25, -0.2) is 9.97 Å². The average molecular weight is 419 g/mol. The second-order valence-corrected chi connectivity index (χ2v) is 8.41. The van der Waals surface area contributed by atoms with Crippen LogP contribution >= 0.6 is 11.3 Å². The van der Waals surface area contributed by atoms with E-state index in [1.807, 2.05) is 60.7 Å². The fraction of sp³-hybridized carbons (Fsp3) is 0. The maximum absolute atomic E-state index is 6.73. The van der Waals surface area contributed by atoms with E-state index in [1.54, 1.807) is 11.3 Å². The Kier molecular flexibility index (Phi) is 4.08. The number of imidazole rings is 1. The molecule has 0 bridgehead atoms. The number of thiophene rings is 1. The summed E-state index contributed by atoms with van der Waals surface area (Å²) in [6.45, 7) is 0. The van der Waals surface area contributed by atoms with Crippen molar-refractivity contribution in [2.24, 2.45) is 0 Å². The monoisotopic (exact) mass is 418 g/mol. The Balaban J connectivity index is 1.64. The molecule has 6 aromatic rings. The highest BCUT2D eigenvalue weighted by atomic mass is 32.1. The Morgan fingerprint density at radius 3 is 2.16 bits per heavy atom. The van der Waals surface area contributed by atoms with Crippen molar-refractivity contribution in [1.29, 1.82) is 0 Å². The van der Waals surface area contributed by atoms with Crippen molar-refractivity contribution in [2.45, 2.75) is 0 Å². The number of pyridine rings is 1. The molecule has 0 aliphatic carbocycles. The first-order valence-electron chi connectivity index (χ1n) is 10.1. The lowest BCUT2D eigenvalue weighted by Crippen LogP contribution is -1.91. The molecule has 0 aliphatic heterocycles. The Hall–Kier alpha value is -3.96. The van der Waals surface area contributed by atoms with Gasteiger partial charge < -0.3 is 10.7 Å². The summed E-state index contributed by atoms with van der Waals surface area (Å²) in [7, 11) is 0. The normalized spacial score (nSPS) is 11.4. The summed E-state index contributed by atoms with van der Waals surface area (Å²) < 4.78 is 0. The SMILES string of the molecule is Nc1c(-c2nc3ccccc3[nH]2)sc2nc(-c3ccccc3)cc(-c3ccccc3)c12. The number of nitrogens with one attached hydrogen (secondary N) is 1. The second kappa shape index (κ2) is 7.07. The van der Waals surface area contributed by atoms with E-state index in [1.165, 1.54) is 0 Å². The molecule has 0 saturated carbocycles. The van der Waals surface area contributed by atoms with E-state index in [-0.39, 0.29) is 0 Å². The summed E-state index contributed by atoms with van der Waals surface area (Å²) in [5, 5.41) is 0.978. The van der Waals surface area contributed by atoms with Crippen molar-refractivity contribution >= 4 is 38.3 Å². The third kappa shape index (κ3) is 2.98. The standard InChI is InChI=1S/C26H18N4S/c27-23-22-18(16-9-3-1-4-10-16)15-21(17-11-5-2-6-12-17)30-26(22)31-24(23)25-28-19-13-7-8-14-20(19)29-25/h1-15H,27H2,(H,28,29). The first kappa shape index (κ1) is 17.9. The molecular formula is C26H18N4S. The molecule has 0 unspecified atom stereocenters. The number of nitrogens with zero attached hydrogens (tertiary/aromatic N) is 2. The van der Waals surface area contributed by atoms with Crippen molar-refractivity contribution in [3.63, 3.8) is 0 Å². The van der Waals surface area contributed by atoms with E-state index in [2.05, 4.69) is 35.3 Å². The predicted octanol–water partition coefficient (Wildman–Crippen LogP) is 6.76. The van der Waals surface area contributed by atoms with Crippen molar-refractivity contribution in [1.82, 2.24) is 15.0 Å². The minimum atomic E-state index is 0.713. The van der Waals surface area contributed by atoms with Crippen LogP contribution in [0.2, 0.25) is 0 Å². The van der Waals surface area contributed by atoms with Crippen LogP contribution in [0.3, 0.4) is 0 Å². The van der Waals surface area contributed by atoms with Gasteiger partial charge in [0.25, 0.3) is 0 Å². The lowest BCUT2D eigenvalue weighted by Gasteiger charge is -2.08. The van der Waals surface area contributed by atoms with E-state index < -0.39 is 0 Å². The summed E-state index contributed by atoms with van der Waals surface area (Å²) in [5.41, 5.74) is 13.6. The summed E-state index contributed by atoms with van der Waals surface area (Å²) in [5.74, 6) is 0.780. The summed E-state index contributed by atoms with van der Waals surface area (Å²) in [4.78, 5) is 15.0. The van der Waals surface area contributed by atoms with Gasteiger partial charge in [0.15, 0.2) is 5.82 Å². The zero-order chi connectivity index (χ0) is 20.8. The van der Waals surface area contributed by atoms with Gasteiger partial charge in [-0.15, -0.1) is 11.3 Å². The van der Waals surface area contributed by atoms with Gasteiger partial charge in [0.05, 0.1) is 27.3 Å². The number of rotatable bonds is 3. The molecule has 0 aliphatic rings. The van der Waals surface area contributed by atoms with Crippen molar-refractivity contribution in [2.75, 3.05) is 5.73 Å². The van der Waals surface area contributed by atoms with Crippen LogP contribution in [0.15, 0.2) is 91.0 Å². The van der Waals surface area contributed by atoms with E-state index in [0.29, 0.717) is 5.69 Å². The Bertz CT molecular complexity index is 1500. The molecule has 4 nitrogen and oxygen atoms in total. The molecule has 3 N–H and O–H groups in total. The summed E-state index contributed by atoms with van der Waals surface area (Å²) in [6, 6.07) is 30.7. The predicted molar refractivity (Wildman–Crippen MR) is 130 cm³/mol. The number of hydrogen-bond acceptors (Lipinski definition) is 4. The third-order valence-electron chi connectivity index (χ3n) is 5.46. The second-order valence-electron chi connectivity index (χ2n) is 7.41. The Labute approximate surface area is 183 Å². The van der Waals surface area contributed by atoms with Gasteiger partial charge in [-0.05, 0) is 29.3 Å². The molecule has 0 amide bonds. The Morgan fingerprint density at radius 1 is 0.742 bits per heavy atom. The zero-order valence-corrected chi connectivity index (χ0v) is 17.4. The number of nitrogens with two attached hydrogens (primary N) is 1. The number of aromatic nitrogens is 3. The van der Waals surface area contributed by atoms with Crippen LogP contribution in [0.4, 0.5) is 5.69 Å². The largest absolute Gasteiger partial charge is 0.397 e. The first-order chi connectivity index (χ1) is 15.3. The molecule has 3 heterocycles. The molecule has 3 aromatic heterocycles. The molecule has 0 radical (unpaired) electrons. The molecule has 0 fully saturated rings. The highest BCUT2D eigenvalue weighted by Gasteiger charge is 2.20. The topological polar surface area (TPSA) is 67.6 Å². The zero-order valence-electron chi connectivity index (χ0n) is 16.5. The van der Waals surface area contributed by atoms with Gasteiger partial charge in [0.2, 0.25) is 0 Å². The van der Waals surface area contributed by atoms with Gasteiger partial charge in [0.1, 0.15) is 4.83 Å². The minimum absolute atomic E-state index is 0.713. The lowest BCUT2D eigenvalue weighted by molar-refractivity contribution is 1.36. The van der Waals surface area contributed by atoms with E-state index >= 15 is 0 Å². The first-order valence-corrected chi connectivity index (χ1v) is 10.9. The van der Waals surface area contributed by atoms with Crippen LogP contribution in [0.1, 0.15) is 0 Å². The van der Waals surface area contributed by atoms with Crippen LogP contribution < -0.4 is 5.73 Å². The minimum Gasteiger partial charge on any atom is -0.397 e. The van der Waals surface area contributed by atoms with Crippen LogP contribution in [-0.2, 0) is 0 Å². The van der Waals surface area contributed by atoms with E-state index in [0.717, 1.165) is 54.3 Å². The number of anilines is 1. The van der Waals surface area contributed by atoms with Gasteiger partial charge in [-0.2, -0.15) is 0 Å². The maximum atomic E-state index is 6.73. The maximum Gasteiger partial charge on any atom is 0.150 e. The van der Waals surface area contributed by atoms with Gasteiger partial charge in [-0.1, -0.05) is 72.8 Å². The fourth-order valence-electron chi connectivity index (χ4n) is 3.96. The van der Waals surface area contributed by atoms with E-state index in [9.17, 15) is 0 Å². The number of nitrogen functional groups attached to an aromatic ring is 1. The molecule has 3 aromatic carbocycles. The number of hydrogen-bond donors (Lipinski definition) is 2. The molecule has 0 atom stereocenters. The molecule has 5 heteroatoms. The fourth-order valence-corrected chi connectivity index (χ4v) is 5.02. The molecule has 6 rings (SSSR count). The van der Waals surface area contributed by atoms with Crippen molar-refractivity contribution < 1.29 is 0 Å². The molecule has 148 valence electrons. The van der Waals surface area contributed by atoms with Crippen molar-refractivity contribution in [3.8, 4) is 33.1 Å². The van der Waals surface area contributed by atoms with Crippen molar-refractivity contribution in [3.05, 3.63) is 91.0 Å². The van der Waals surface area contributed by atoms with Crippen LogP contribution in [-0.4, -0.2) is 15.0 Å². The summed E-state index contributed by atoms with van der Waals surface area (Å²) in [6.07, 6.45) is 0. The quantitative estimate of drug-likeness (QED) is 0.334. The number of para-hydroxylation sites is 2. The number of aromatic amines is 1. The summed E-state index contributed by atoms with van der Waals surface area (Å²) >= 11 is 1.58. The smallest absolute Gasteiger partial charge is 0.150 e. The van der Waals surface area contributed by atoms with Crippen LogP contribution in [0.25, 0.3) is 54.3 Å². The molecule has 0 spiro atoms. The van der Waals surface area contributed by atoms with E-state index in [4.69, 9.17) is 15.7 Å². The lowest BCUT2D eigenvalue weighted by atomic mass is 9.99. The number of benzene rings is 3. The molecule has 0 saturated heterocycles. The van der Waals surface area contributed by atoms with Gasteiger partial charge in [0, 0.05) is 10.9 Å². The number of H-pyrrole nitrogens is 1. The Morgan fingerprint density at radius 2 is 1.42 bits per heavy atom. The third-order valence-corrected chi connectivity index (χ3v) is 6.56. The molecular weight excluding hydrogens is 400 g/mol. The highest BCUT2D eigenvalue weighted by molar-refractivity contribution is 7.22. The van der Waals surface area contributed by atoms with Crippen LogP contribution in [0, 0.1) is 0 Å². The van der Waals surface area contributed by atoms with Gasteiger partial charge >= 0.3 is 0 Å². The molecule has 31 heavy (non-hydrogen) atoms. The van der Waals surface area contributed by atoms with Gasteiger partial charge in [-0.3, -0.25) is 0 Å². The number of fused-ring (bicyclic) bond motifs is 2. The highest BCUT2D eigenvalue weighted by Crippen LogP contribution is 2.45.